The molecule has 0 aliphatic rings. The van der Waals surface area contributed by atoms with Crippen LogP contribution < -0.4 is 11.1 Å². The summed E-state index contributed by atoms with van der Waals surface area (Å²) in [7, 11) is 0. The number of halogens is 1. The van der Waals surface area contributed by atoms with Crippen molar-refractivity contribution in [3.8, 4) is 11.1 Å². The van der Waals surface area contributed by atoms with Crippen LogP contribution in [-0.4, -0.2) is 11.1 Å². The van der Waals surface area contributed by atoms with Crippen LogP contribution in [0.2, 0.25) is 0 Å². The van der Waals surface area contributed by atoms with Gasteiger partial charge in [-0.15, -0.1) is 0 Å². The van der Waals surface area contributed by atoms with E-state index < -0.39 is 0 Å². The van der Waals surface area contributed by atoms with E-state index >= 15 is 0 Å². The zero-order chi connectivity index (χ0) is 20.8. The smallest absolute Gasteiger partial charge is 0.0491 e. The summed E-state index contributed by atoms with van der Waals surface area (Å²) in [5.74, 6) is 0. The molecule has 4 aromatic rings. The predicted octanol–water partition coefficient (Wildman–Crippen LogP) is 7.35. The highest BCUT2D eigenvalue weighted by Crippen LogP contribution is 2.36. The van der Waals surface area contributed by atoms with Crippen molar-refractivity contribution in [1.29, 1.82) is 0 Å². The van der Waals surface area contributed by atoms with Crippen molar-refractivity contribution in [3.63, 3.8) is 0 Å². The first kappa shape index (κ1) is 19.9. The number of hydrogen-bond acceptors (Lipinski definition) is 2. The Morgan fingerprint density at radius 2 is 1.28 bits per heavy atom. The average Bonchev–Trinajstić information content (AvgIpc) is 2.65. The van der Waals surface area contributed by atoms with Crippen LogP contribution in [0.15, 0.2) is 77.3 Å². The molecule has 2 nitrogen and oxygen atoms in total. The SMILES string of the molecule is CC(C)(N)C(C)(C)Nc1ccc2c(-c3cccc4cc(Br)ccc34)cccc2c1. The summed E-state index contributed by atoms with van der Waals surface area (Å²) in [6.07, 6.45) is 0. The van der Waals surface area contributed by atoms with E-state index in [2.05, 4.69) is 122 Å². The van der Waals surface area contributed by atoms with Gasteiger partial charge in [0.25, 0.3) is 0 Å². The Balaban J connectivity index is 1.83. The summed E-state index contributed by atoms with van der Waals surface area (Å²) in [5.41, 5.74) is 9.38. The first-order valence-electron chi connectivity index (χ1n) is 9.94. The molecule has 0 saturated carbocycles. The van der Waals surface area contributed by atoms with E-state index in [1.807, 2.05) is 0 Å². The third kappa shape index (κ3) is 3.77. The Kier molecular flexibility index (Phi) is 4.92. The molecule has 29 heavy (non-hydrogen) atoms. The molecule has 0 aliphatic carbocycles. The van der Waals surface area contributed by atoms with Gasteiger partial charge in [-0.1, -0.05) is 64.5 Å². The molecular formula is C26H27BrN2. The molecule has 148 valence electrons. The molecule has 0 atom stereocenters. The summed E-state index contributed by atoms with van der Waals surface area (Å²) in [6, 6.07) is 26.1. The Bertz CT molecular complexity index is 1200. The molecule has 0 aliphatic heterocycles. The number of hydrogen-bond donors (Lipinski definition) is 2. The highest BCUT2D eigenvalue weighted by molar-refractivity contribution is 9.10. The first-order chi connectivity index (χ1) is 13.7. The van der Waals surface area contributed by atoms with Crippen molar-refractivity contribution >= 4 is 43.2 Å². The molecule has 3 N–H and O–H groups in total. The normalized spacial score (nSPS) is 12.5. The molecule has 0 unspecified atom stereocenters. The van der Waals surface area contributed by atoms with Gasteiger partial charge in [0.05, 0.1) is 0 Å². The van der Waals surface area contributed by atoms with Gasteiger partial charge in [0.15, 0.2) is 0 Å². The van der Waals surface area contributed by atoms with Crippen LogP contribution in [0, 0.1) is 0 Å². The molecule has 0 amide bonds. The van der Waals surface area contributed by atoms with Gasteiger partial charge in [0.1, 0.15) is 0 Å². The Morgan fingerprint density at radius 1 is 0.724 bits per heavy atom. The molecular weight excluding hydrogens is 420 g/mol. The van der Waals surface area contributed by atoms with Crippen LogP contribution in [0.25, 0.3) is 32.7 Å². The summed E-state index contributed by atoms with van der Waals surface area (Å²) in [6.45, 7) is 8.39. The minimum Gasteiger partial charge on any atom is -0.378 e. The van der Waals surface area contributed by atoms with Gasteiger partial charge in [-0.25, -0.2) is 0 Å². The highest BCUT2D eigenvalue weighted by atomic mass is 79.9. The number of fused-ring (bicyclic) bond motifs is 2. The molecule has 3 heteroatoms. The molecule has 0 heterocycles. The van der Waals surface area contributed by atoms with E-state index in [4.69, 9.17) is 5.73 Å². The van der Waals surface area contributed by atoms with E-state index in [-0.39, 0.29) is 11.1 Å². The molecule has 0 radical (unpaired) electrons. The second kappa shape index (κ2) is 7.16. The fourth-order valence-corrected chi connectivity index (χ4v) is 3.99. The van der Waals surface area contributed by atoms with Crippen LogP contribution >= 0.6 is 15.9 Å². The lowest BCUT2D eigenvalue weighted by Crippen LogP contribution is -2.57. The van der Waals surface area contributed by atoms with Crippen LogP contribution in [0.1, 0.15) is 27.7 Å². The maximum Gasteiger partial charge on any atom is 0.0491 e. The quantitative estimate of drug-likeness (QED) is 0.343. The minimum atomic E-state index is -0.346. The van der Waals surface area contributed by atoms with E-state index in [0.29, 0.717) is 0 Å². The Morgan fingerprint density at radius 3 is 1.86 bits per heavy atom. The second-order valence-corrected chi connectivity index (χ2v) is 9.80. The number of nitrogens with two attached hydrogens (primary N) is 1. The van der Waals surface area contributed by atoms with Gasteiger partial charge >= 0.3 is 0 Å². The van der Waals surface area contributed by atoms with E-state index in [0.717, 1.165) is 10.2 Å². The Hall–Kier alpha value is -2.36. The lowest BCUT2D eigenvalue weighted by molar-refractivity contribution is 0.337. The number of anilines is 1. The summed E-state index contributed by atoms with van der Waals surface area (Å²) >= 11 is 3.58. The van der Waals surface area contributed by atoms with Gasteiger partial charge < -0.3 is 11.1 Å². The fourth-order valence-electron chi connectivity index (χ4n) is 3.61. The molecule has 4 rings (SSSR count). The number of benzene rings is 4. The molecule has 0 fully saturated rings. The minimum absolute atomic E-state index is 0.235. The van der Waals surface area contributed by atoms with Gasteiger partial charge in [0, 0.05) is 21.2 Å². The summed E-state index contributed by atoms with van der Waals surface area (Å²) < 4.78 is 1.10. The van der Waals surface area contributed by atoms with Crippen molar-refractivity contribution in [1.82, 2.24) is 0 Å². The molecule has 0 bridgehead atoms. The highest BCUT2D eigenvalue weighted by Gasteiger charge is 2.33. The van der Waals surface area contributed by atoms with Gasteiger partial charge in [-0.2, -0.15) is 0 Å². The maximum absolute atomic E-state index is 6.37. The monoisotopic (exact) mass is 446 g/mol. The van der Waals surface area contributed by atoms with E-state index in [1.54, 1.807) is 0 Å². The third-order valence-electron chi connectivity index (χ3n) is 6.08. The standard InChI is InChI=1S/C26H27BrN2/c1-25(2,28)26(3,4)29-20-12-14-22-18(16-20)8-6-10-24(22)23-9-5-7-17-15-19(27)11-13-21(17)23/h5-16,29H,28H2,1-4H3. The molecule has 0 saturated heterocycles. The molecule has 0 aromatic heterocycles. The van der Waals surface area contributed by atoms with E-state index in [9.17, 15) is 0 Å². The molecule has 0 spiro atoms. The van der Waals surface area contributed by atoms with Gasteiger partial charge in [-0.3, -0.25) is 0 Å². The largest absolute Gasteiger partial charge is 0.378 e. The topological polar surface area (TPSA) is 38.0 Å². The maximum atomic E-state index is 6.37. The van der Waals surface area contributed by atoms with Crippen molar-refractivity contribution in [3.05, 3.63) is 77.3 Å². The van der Waals surface area contributed by atoms with Crippen molar-refractivity contribution in [2.75, 3.05) is 5.32 Å². The summed E-state index contributed by atoms with van der Waals surface area (Å²) in [5, 5.41) is 8.57. The van der Waals surface area contributed by atoms with Crippen molar-refractivity contribution in [2.45, 2.75) is 38.8 Å². The lowest BCUT2D eigenvalue weighted by Gasteiger charge is -2.40. The molecule has 4 aromatic carbocycles. The number of nitrogens with one attached hydrogen (secondary N) is 1. The van der Waals surface area contributed by atoms with Gasteiger partial charge in [0.2, 0.25) is 0 Å². The van der Waals surface area contributed by atoms with Crippen LogP contribution in [-0.2, 0) is 0 Å². The van der Waals surface area contributed by atoms with Gasteiger partial charge in [-0.05, 0) is 84.6 Å². The lowest BCUT2D eigenvalue weighted by atomic mass is 9.83. The van der Waals surface area contributed by atoms with E-state index in [1.165, 1.54) is 32.7 Å². The van der Waals surface area contributed by atoms with Crippen LogP contribution in [0.4, 0.5) is 5.69 Å². The second-order valence-electron chi connectivity index (χ2n) is 8.88. The summed E-state index contributed by atoms with van der Waals surface area (Å²) in [4.78, 5) is 0. The first-order valence-corrected chi connectivity index (χ1v) is 10.7. The van der Waals surface area contributed by atoms with Crippen LogP contribution in [0.3, 0.4) is 0 Å². The predicted molar refractivity (Wildman–Crippen MR) is 131 cm³/mol. The number of rotatable bonds is 4. The zero-order valence-electron chi connectivity index (χ0n) is 17.4. The third-order valence-corrected chi connectivity index (χ3v) is 6.57. The Labute approximate surface area is 181 Å². The average molecular weight is 447 g/mol. The van der Waals surface area contributed by atoms with Crippen LogP contribution in [0.5, 0.6) is 0 Å². The fraction of sp³-hybridized carbons (Fsp3) is 0.231. The van der Waals surface area contributed by atoms with Crippen molar-refractivity contribution < 1.29 is 0 Å². The zero-order valence-corrected chi connectivity index (χ0v) is 19.0. The van der Waals surface area contributed by atoms with Crippen molar-refractivity contribution in [2.24, 2.45) is 5.73 Å².